The van der Waals surface area contributed by atoms with E-state index in [4.69, 9.17) is 18.9 Å². The van der Waals surface area contributed by atoms with Crippen molar-refractivity contribution < 1.29 is 33.5 Å². The van der Waals surface area contributed by atoms with Crippen LogP contribution in [0.5, 0.6) is 5.75 Å². The van der Waals surface area contributed by atoms with Crippen molar-refractivity contribution in [3.8, 4) is 5.75 Å². The number of hydrogen-bond acceptors (Lipinski definition) is 8. The van der Waals surface area contributed by atoms with Gasteiger partial charge < -0.3 is 18.9 Å². The molecule has 27 heavy (non-hydrogen) atoms. The third-order valence-corrected chi connectivity index (χ3v) is 4.56. The molecule has 9 heteroatoms. The Morgan fingerprint density at radius 3 is 2.26 bits per heavy atom. The molecular formula is C18H23NO8. The summed E-state index contributed by atoms with van der Waals surface area (Å²) < 4.78 is 22.1. The van der Waals surface area contributed by atoms with E-state index in [1.165, 1.54) is 38.1 Å². The van der Waals surface area contributed by atoms with Crippen LogP contribution >= 0.6 is 0 Å². The van der Waals surface area contributed by atoms with Crippen molar-refractivity contribution in [3.05, 3.63) is 34.4 Å². The molecule has 0 bridgehead atoms. The highest BCUT2D eigenvalue weighted by Crippen LogP contribution is 2.34. The molecule has 2 unspecified atom stereocenters. The van der Waals surface area contributed by atoms with Crippen LogP contribution in [0.3, 0.4) is 0 Å². The van der Waals surface area contributed by atoms with Gasteiger partial charge in [-0.2, -0.15) is 0 Å². The minimum Gasteiger partial charge on any atom is -0.463 e. The number of carbonyl (C=O) groups excluding carboxylic acids is 2. The van der Waals surface area contributed by atoms with Gasteiger partial charge in [0.05, 0.1) is 11.0 Å². The van der Waals surface area contributed by atoms with Crippen LogP contribution in [0.4, 0.5) is 5.69 Å². The molecule has 1 aromatic rings. The fraction of sp³-hybridized carbons (Fsp3) is 0.556. The highest BCUT2D eigenvalue weighted by molar-refractivity contribution is 5.66. The molecule has 1 saturated heterocycles. The maximum absolute atomic E-state index is 11.5. The molecule has 0 aliphatic carbocycles. The van der Waals surface area contributed by atoms with Gasteiger partial charge in [-0.25, -0.2) is 0 Å². The highest BCUT2D eigenvalue weighted by atomic mass is 16.7. The van der Waals surface area contributed by atoms with E-state index in [-0.39, 0.29) is 24.1 Å². The largest absolute Gasteiger partial charge is 0.463 e. The summed E-state index contributed by atoms with van der Waals surface area (Å²) in [5, 5.41) is 10.8. The Bertz CT molecular complexity index is 687. The van der Waals surface area contributed by atoms with Gasteiger partial charge in [-0.3, -0.25) is 19.7 Å². The molecule has 0 amide bonds. The molecule has 1 aromatic carbocycles. The van der Waals surface area contributed by atoms with Crippen LogP contribution in [0, 0.1) is 22.0 Å². The van der Waals surface area contributed by atoms with Crippen molar-refractivity contribution in [3.63, 3.8) is 0 Å². The molecule has 0 spiro atoms. The summed E-state index contributed by atoms with van der Waals surface area (Å²) in [7, 11) is 0. The van der Waals surface area contributed by atoms with Crippen molar-refractivity contribution >= 4 is 17.6 Å². The Kier molecular flexibility index (Phi) is 6.73. The average molecular weight is 381 g/mol. The number of nitrogens with zero attached hydrogens (tertiary/aromatic N) is 1. The second-order valence-corrected chi connectivity index (χ2v) is 6.51. The number of non-ortho nitro benzene ring substituents is 1. The minimum absolute atomic E-state index is 0.0494. The fourth-order valence-corrected chi connectivity index (χ4v) is 2.88. The fourth-order valence-electron chi connectivity index (χ4n) is 2.88. The summed E-state index contributed by atoms with van der Waals surface area (Å²) in [5.74, 6) is -0.765. The van der Waals surface area contributed by atoms with Gasteiger partial charge in [0, 0.05) is 31.9 Å². The minimum atomic E-state index is -0.942. The maximum atomic E-state index is 11.5. The number of nitro groups is 1. The Hall–Kier alpha value is -2.68. The van der Waals surface area contributed by atoms with E-state index in [1.807, 2.05) is 13.8 Å². The van der Waals surface area contributed by atoms with Crippen LogP contribution in [0.25, 0.3) is 0 Å². The van der Waals surface area contributed by atoms with Crippen molar-refractivity contribution in [2.75, 3.05) is 6.61 Å². The van der Waals surface area contributed by atoms with Gasteiger partial charge in [-0.05, 0) is 18.1 Å². The molecule has 5 atom stereocenters. The summed E-state index contributed by atoms with van der Waals surface area (Å²) in [6.45, 7) is 6.47. The van der Waals surface area contributed by atoms with Gasteiger partial charge in [-0.1, -0.05) is 13.8 Å². The summed E-state index contributed by atoms with van der Waals surface area (Å²) in [4.78, 5) is 32.9. The Morgan fingerprint density at radius 1 is 1.11 bits per heavy atom. The van der Waals surface area contributed by atoms with Crippen LogP contribution < -0.4 is 4.74 Å². The first-order valence-electron chi connectivity index (χ1n) is 8.56. The van der Waals surface area contributed by atoms with E-state index >= 15 is 0 Å². The predicted octanol–water partition coefficient (Wildman–Crippen LogP) is 2.47. The van der Waals surface area contributed by atoms with Crippen molar-refractivity contribution in [2.24, 2.45) is 11.8 Å². The molecule has 148 valence electrons. The number of carbonyl (C=O) groups is 2. The average Bonchev–Trinajstić information content (AvgIpc) is 2.60. The molecule has 1 aliphatic heterocycles. The standard InChI is InChI=1S/C18H23NO8/c1-10-11(2)17(25-13(4)21)18(27-16(10)9-24-12(3)20)26-15-7-5-14(6-8-15)19(22)23/h5-8,10-11,16-18H,9H2,1-4H3/t10-,11+,16?,17?,18-/m1/s1. The van der Waals surface area contributed by atoms with Gasteiger partial charge in [-0.15, -0.1) is 0 Å². The Balaban J connectivity index is 2.19. The van der Waals surface area contributed by atoms with Gasteiger partial charge in [0.1, 0.15) is 12.4 Å². The lowest BCUT2D eigenvalue weighted by Crippen LogP contribution is -2.54. The quantitative estimate of drug-likeness (QED) is 0.419. The first-order chi connectivity index (χ1) is 12.7. The lowest BCUT2D eigenvalue weighted by Gasteiger charge is -2.43. The van der Waals surface area contributed by atoms with Crippen LogP contribution in [0.1, 0.15) is 27.7 Å². The van der Waals surface area contributed by atoms with E-state index in [2.05, 4.69) is 0 Å². The monoisotopic (exact) mass is 381 g/mol. The van der Waals surface area contributed by atoms with Crippen LogP contribution in [-0.4, -0.2) is 42.0 Å². The molecule has 0 radical (unpaired) electrons. The van der Waals surface area contributed by atoms with E-state index in [0.29, 0.717) is 5.75 Å². The van der Waals surface area contributed by atoms with E-state index in [0.717, 1.165) is 0 Å². The van der Waals surface area contributed by atoms with Crippen molar-refractivity contribution in [2.45, 2.75) is 46.2 Å². The van der Waals surface area contributed by atoms with Gasteiger partial charge in [0.2, 0.25) is 6.29 Å². The summed E-state index contributed by atoms with van der Waals surface area (Å²) in [6, 6.07) is 5.50. The van der Waals surface area contributed by atoms with Gasteiger partial charge in [0.25, 0.3) is 5.69 Å². The molecule has 1 aliphatic rings. The zero-order valence-corrected chi connectivity index (χ0v) is 15.6. The zero-order valence-electron chi connectivity index (χ0n) is 15.6. The van der Waals surface area contributed by atoms with Crippen LogP contribution in [0.15, 0.2) is 24.3 Å². The maximum Gasteiger partial charge on any atom is 0.303 e. The van der Waals surface area contributed by atoms with Crippen LogP contribution in [-0.2, 0) is 23.8 Å². The normalized spacial score (nSPS) is 27.5. The van der Waals surface area contributed by atoms with E-state index in [9.17, 15) is 19.7 Å². The Morgan fingerprint density at radius 2 is 1.74 bits per heavy atom. The topological polar surface area (TPSA) is 114 Å². The smallest absolute Gasteiger partial charge is 0.303 e. The third-order valence-electron chi connectivity index (χ3n) is 4.56. The number of benzene rings is 1. The first kappa shape index (κ1) is 20.6. The van der Waals surface area contributed by atoms with Gasteiger partial charge in [0.15, 0.2) is 6.10 Å². The summed E-state index contributed by atoms with van der Waals surface area (Å²) in [5.41, 5.74) is -0.0711. The first-order valence-corrected chi connectivity index (χ1v) is 8.56. The summed E-state index contributed by atoms with van der Waals surface area (Å²) in [6.07, 6.45) is -2.07. The molecule has 0 saturated carbocycles. The van der Waals surface area contributed by atoms with Crippen molar-refractivity contribution in [1.82, 2.24) is 0 Å². The van der Waals surface area contributed by atoms with E-state index < -0.39 is 35.4 Å². The SMILES string of the molecule is CC(=O)OCC1O[C@@H](Oc2ccc([N+](=O)[O-])cc2)C(OC(C)=O)[C@@H](C)[C@H]1C. The van der Waals surface area contributed by atoms with Crippen LogP contribution in [0.2, 0.25) is 0 Å². The molecule has 0 aromatic heterocycles. The lowest BCUT2D eigenvalue weighted by atomic mass is 9.83. The molecule has 2 rings (SSSR count). The molecule has 0 N–H and O–H groups in total. The number of ether oxygens (including phenoxy) is 4. The van der Waals surface area contributed by atoms with Gasteiger partial charge >= 0.3 is 11.9 Å². The number of rotatable bonds is 6. The number of nitro benzene ring substituents is 1. The van der Waals surface area contributed by atoms with Crippen molar-refractivity contribution in [1.29, 1.82) is 0 Å². The molecular weight excluding hydrogens is 358 g/mol. The molecule has 1 heterocycles. The summed E-state index contributed by atoms with van der Waals surface area (Å²) >= 11 is 0. The predicted molar refractivity (Wildman–Crippen MR) is 92.9 cm³/mol. The number of esters is 2. The van der Waals surface area contributed by atoms with E-state index in [1.54, 1.807) is 0 Å². The molecule has 1 fully saturated rings. The number of hydrogen-bond donors (Lipinski definition) is 0. The Labute approximate surface area is 156 Å². The second kappa shape index (κ2) is 8.81. The molecule has 9 nitrogen and oxygen atoms in total. The second-order valence-electron chi connectivity index (χ2n) is 6.51. The lowest BCUT2D eigenvalue weighted by molar-refractivity contribution is -0.384. The zero-order chi connectivity index (χ0) is 20.1. The third kappa shape index (κ3) is 5.40. The highest BCUT2D eigenvalue weighted by Gasteiger charge is 2.45.